The van der Waals surface area contributed by atoms with Crippen molar-refractivity contribution in [3.05, 3.63) is 65.7 Å². The van der Waals surface area contributed by atoms with Gasteiger partial charge in [0.25, 0.3) is 0 Å². The molecule has 1 heterocycles. The molecule has 2 nitrogen and oxygen atoms in total. The number of aryl methyl sites for hydroxylation is 2. The van der Waals surface area contributed by atoms with E-state index in [4.69, 9.17) is 4.74 Å². The molecule has 1 aliphatic rings. The minimum Gasteiger partial charge on any atom is -0.493 e. The van der Waals surface area contributed by atoms with Gasteiger partial charge in [-0.25, -0.2) is 0 Å². The summed E-state index contributed by atoms with van der Waals surface area (Å²) < 4.78 is 6.15. The van der Waals surface area contributed by atoms with Crippen molar-refractivity contribution >= 4 is 0 Å². The highest BCUT2D eigenvalue weighted by molar-refractivity contribution is 5.33. The molecule has 0 amide bonds. The molecule has 0 aromatic heterocycles. The normalized spacial score (nSPS) is 17.5. The number of nitrogens with zero attached hydrogens (tertiary/aromatic N) is 1. The summed E-state index contributed by atoms with van der Waals surface area (Å²) in [5, 5.41) is 0. The van der Waals surface area contributed by atoms with Gasteiger partial charge in [-0.2, -0.15) is 0 Å². The van der Waals surface area contributed by atoms with Gasteiger partial charge < -0.3 is 9.64 Å². The molecule has 0 radical (unpaired) electrons. The first kappa shape index (κ1) is 19.0. The fourth-order valence-electron chi connectivity index (χ4n) is 3.97. The maximum atomic E-state index is 6.15. The Balaban J connectivity index is 1.37. The minimum absolute atomic E-state index is 0.708. The topological polar surface area (TPSA) is 12.5 Å². The van der Waals surface area contributed by atoms with E-state index in [0.717, 1.165) is 25.2 Å². The lowest BCUT2D eigenvalue weighted by Crippen LogP contribution is -2.26. The second-order valence-corrected chi connectivity index (χ2v) is 7.57. The molecule has 26 heavy (non-hydrogen) atoms. The molecule has 0 saturated carbocycles. The van der Waals surface area contributed by atoms with Gasteiger partial charge in [0.1, 0.15) is 5.75 Å². The monoisotopic (exact) mass is 351 g/mol. The van der Waals surface area contributed by atoms with Gasteiger partial charge in [-0.1, -0.05) is 55.0 Å². The van der Waals surface area contributed by atoms with Crippen LogP contribution in [-0.2, 0) is 12.8 Å². The lowest BCUT2D eigenvalue weighted by Gasteiger charge is -2.20. The molecule has 2 heteroatoms. The summed E-state index contributed by atoms with van der Waals surface area (Å²) in [6.45, 7) is 2.07. The third kappa shape index (κ3) is 5.88. The van der Waals surface area contributed by atoms with Crippen LogP contribution in [0.4, 0.5) is 0 Å². The summed E-state index contributed by atoms with van der Waals surface area (Å²) in [6, 6.07) is 20.1. The van der Waals surface area contributed by atoms with E-state index in [1.165, 1.54) is 56.2 Å². The molecule has 2 aromatic carbocycles. The lowest BCUT2D eigenvalue weighted by atomic mass is 10.0. The van der Waals surface area contributed by atoms with Gasteiger partial charge in [-0.15, -0.1) is 0 Å². The van der Waals surface area contributed by atoms with Crippen LogP contribution in [0.1, 0.15) is 49.7 Å². The zero-order chi connectivity index (χ0) is 18.0. The Labute approximate surface area is 159 Å². The van der Waals surface area contributed by atoms with Crippen LogP contribution in [0.5, 0.6) is 5.75 Å². The summed E-state index contributed by atoms with van der Waals surface area (Å²) in [5.74, 6) is 1.09. The van der Waals surface area contributed by atoms with Gasteiger partial charge in [0.2, 0.25) is 0 Å². The Bertz CT molecular complexity index is 640. The molecule has 0 N–H and O–H groups in total. The third-order valence-corrected chi connectivity index (χ3v) is 5.61. The van der Waals surface area contributed by atoms with E-state index in [1.54, 1.807) is 0 Å². The summed E-state index contributed by atoms with van der Waals surface area (Å²) >= 11 is 0. The second kappa shape index (κ2) is 10.4. The Morgan fingerprint density at radius 1 is 0.923 bits per heavy atom. The van der Waals surface area contributed by atoms with Crippen molar-refractivity contribution in [2.75, 3.05) is 20.2 Å². The summed E-state index contributed by atoms with van der Waals surface area (Å²) in [4.78, 5) is 2.47. The molecule has 1 fully saturated rings. The highest BCUT2D eigenvalue weighted by Gasteiger charge is 2.20. The van der Waals surface area contributed by atoms with Crippen molar-refractivity contribution in [1.29, 1.82) is 0 Å². The number of para-hydroxylation sites is 1. The van der Waals surface area contributed by atoms with Gasteiger partial charge in [0.05, 0.1) is 6.61 Å². The Hall–Kier alpha value is -1.80. The van der Waals surface area contributed by atoms with Crippen molar-refractivity contribution in [2.45, 2.75) is 57.4 Å². The first-order valence-electron chi connectivity index (χ1n) is 10.3. The number of hydrogen-bond donors (Lipinski definition) is 0. The van der Waals surface area contributed by atoms with Gasteiger partial charge in [0.15, 0.2) is 0 Å². The predicted octanol–water partition coefficient (Wildman–Crippen LogP) is 5.51. The van der Waals surface area contributed by atoms with Crippen molar-refractivity contribution < 1.29 is 4.74 Å². The first-order chi connectivity index (χ1) is 12.8. The number of benzene rings is 2. The molecule has 1 atom stereocenters. The molecule has 1 unspecified atom stereocenters. The fraction of sp³-hybridized carbons (Fsp3) is 0.500. The second-order valence-electron chi connectivity index (χ2n) is 7.57. The maximum absolute atomic E-state index is 6.15. The SMILES string of the molecule is CN1CCCC1CCOc1ccccc1CCCCCc1ccccc1. The molecule has 3 rings (SSSR count). The number of hydrogen-bond acceptors (Lipinski definition) is 2. The van der Waals surface area contributed by atoms with Crippen LogP contribution in [0.15, 0.2) is 54.6 Å². The molecule has 0 spiro atoms. The van der Waals surface area contributed by atoms with Crippen molar-refractivity contribution in [3.8, 4) is 5.75 Å². The first-order valence-corrected chi connectivity index (χ1v) is 10.3. The van der Waals surface area contributed by atoms with Crippen molar-refractivity contribution in [3.63, 3.8) is 0 Å². The van der Waals surface area contributed by atoms with E-state index in [9.17, 15) is 0 Å². The Morgan fingerprint density at radius 2 is 1.69 bits per heavy atom. The summed E-state index contributed by atoms with van der Waals surface area (Å²) in [6.07, 6.45) is 9.88. The quantitative estimate of drug-likeness (QED) is 0.524. The predicted molar refractivity (Wildman–Crippen MR) is 110 cm³/mol. The van der Waals surface area contributed by atoms with E-state index >= 15 is 0 Å². The average Bonchev–Trinajstić information content (AvgIpc) is 3.08. The standard InChI is InChI=1S/C24H33NO/c1-25-19-10-16-23(25)18-20-26-24-17-9-8-15-22(24)14-7-3-6-13-21-11-4-2-5-12-21/h2,4-5,8-9,11-12,15,17,23H,3,6-7,10,13-14,16,18-20H2,1H3. The largest absolute Gasteiger partial charge is 0.493 e. The lowest BCUT2D eigenvalue weighted by molar-refractivity contribution is 0.232. The van der Waals surface area contributed by atoms with E-state index in [-0.39, 0.29) is 0 Å². The van der Waals surface area contributed by atoms with Crippen molar-refractivity contribution in [1.82, 2.24) is 4.90 Å². The van der Waals surface area contributed by atoms with Crippen LogP contribution in [-0.4, -0.2) is 31.1 Å². The van der Waals surface area contributed by atoms with Crippen LogP contribution in [0.25, 0.3) is 0 Å². The zero-order valence-corrected chi connectivity index (χ0v) is 16.2. The van der Waals surface area contributed by atoms with Gasteiger partial charge in [-0.05, 0) is 75.7 Å². The molecule has 2 aromatic rings. The molecule has 0 bridgehead atoms. The minimum atomic E-state index is 0.708. The van der Waals surface area contributed by atoms with E-state index in [0.29, 0.717) is 6.04 Å². The van der Waals surface area contributed by atoms with Crippen LogP contribution in [0.3, 0.4) is 0 Å². The molecule has 1 saturated heterocycles. The summed E-state index contributed by atoms with van der Waals surface area (Å²) in [5.41, 5.74) is 2.82. The number of ether oxygens (including phenoxy) is 1. The molecule has 140 valence electrons. The summed E-state index contributed by atoms with van der Waals surface area (Å²) in [7, 11) is 2.24. The van der Waals surface area contributed by atoms with E-state index in [1.807, 2.05) is 0 Å². The van der Waals surface area contributed by atoms with E-state index < -0.39 is 0 Å². The number of unbranched alkanes of at least 4 members (excludes halogenated alkanes) is 2. The highest BCUT2D eigenvalue weighted by atomic mass is 16.5. The van der Waals surface area contributed by atoms with Crippen LogP contribution >= 0.6 is 0 Å². The Morgan fingerprint density at radius 3 is 2.50 bits per heavy atom. The zero-order valence-electron chi connectivity index (χ0n) is 16.2. The maximum Gasteiger partial charge on any atom is 0.122 e. The van der Waals surface area contributed by atoms with Crippen molar-refractivity contribution in [2.24, 2.45) is 0 Å². The Kier molecular flexibility index (Phi) is 7.57. The molecular weight excluding hydrogens is 318 g/mol. The number of likely N-dealkylation sites (tertiary alicyclic amines) is 1. The third-order valence-electron chi connectivity index (χ3n) is 5.61. The number of rotatable bonds is 10. The van der Waals surface area contributed by atoms with Crippen LogP contribution in [0, 0.1) is 0 Å². The van der Waals surface area contributed by atoms with E-state index in [2.05, 4.69) is 66.5 Å². The molecule has 1 aliphatic heterocycles. The molecule has 0 aliphatic carbocycles. The smallest absolute Gasteiger partial charge is 0.122 e. The molecular formula is C24H33NO. The van der Waals surface area contributed by atoms with Gasteiger partial charge >= 0.3 is 0 Å². The average molecular weight is 352 g/mol. The highest BCUT2D eigenvalue weighted by Crippen LogP contribution is 2.23. The van der Waals surface area contributed by atoms with Crippen LogP contribution < -0.4 is 4.74 Å². The van der Waals surface area contributed by atoms with Gasteiger partial charge in [-0.3, -0.25) is 0 Å². The fourth-order valence-corrected chi connectivity index (χ4v) is 3.97. The van der Waals surface area contributed by atoms with Crippen LogP contribution in [0.2, 0.25) is 0 Å². The van der Waals surface area contributed by atoms with Gasteiger partial charge in [0, 0.05) is 6.04 Å².